The highest BCUT2D eigenvalue weighted by molar-refractivity contribution is 7.91. The Balaban J connectivity index is 2.26. The predicted molar refractivity (Wildman–Crippen MR) is 73.5 cm³/mol. The summed E-state index contributed by atoms with van der Waals surface area (Å²) in [5.41, 5.74) is 0. The van der Waals surface area contributed by atoms with E-state index in [1.54, 1.807) is 31.4 Å². The van der Waals surface area contributed by atoms with Crippen molar-refractivity contribution in [3.8, 4) is 11.5 Å². The summed E-state index contributed by atoms with van der Waals surface area (Å²) < 4.78 is 33.5. The first kappa shape index (κ1) is 15.8. The van der Waals surface area contributed by atoms with Crippen molar-refractivity contribution in [3.05, 3.63) is 24.3 Å². The molecule has 0 bridgehead atoms. The number of ether oxygens (including phenoxy) is 2. The van der Waals surface area contributed by atoms with Crippen LogP contribution < -0.4 is 9.47 Å². The van der Waals surface area contributed by atoms with Crippen LogP contribution in [0.15, 0.2) is 24.3 Å². The Kier molecular flexibility index (Phi) is 6.66. The lowest BCUT2D eigenvalue weighted by atomic mass is 10.3. The van der Waals surface area contributed by atoms with Crippen LogP contribution in [-0.2, 0) is 9.84 Å². The molecule has 6 heteroatoms. The van der Waals surface area contributed by atoms with E-state index in [4.69, 9.17) is 14.6 Å². The van der Waals surface area contributed by atoms with Crippen LogP contribution in [0.1, 0.15) is 12.8 Å². The molecule has 1 N–H and O–H groups in total. The molecule has 0 radical (unpaired) electrons. The highest BCUT2D eigenvalue weighted by Gasteiger charge is 2.09. The minimum Gasteiger partial charge on any atom is -0.497 e. The molecule has 0 heterocycles. The van der Waals surface area contributed by atoms with Crippen LogP contribution in [0.25, 0.3) is 0 Å². The second-order valence-electron chi connectivity index (χ2n) is 4.11. The lowest BCUT2D eigenvalue weighted by molar-refractivity contribution is 0.295. The van der Waals surface area contributed by atoms with Gasteiger partial charge in [0, 0.05) is 6.61 Å². The van der Waals surface area contributed by atoms with Gasteiger partial charge in [-0.1, -0.05) is 0 Å². The molecule has 0 aliphatic rings. The molecular weight excluding hydrogens is 268 g/mol. The van der Waals surface area contributed by atoms with E-state index in [1.165, 1.54) is 0 Å². The minimum atomic E-state index is -3.07. The van der Waals surface area contributed by atoms with Crippen molar-refractivity contribution in [2.24, 2.45) is 0 Å². The quantitative estimate of drug-likeness (QED) is 0.693. The number of rotatable bonds is 9. The number of benzene rings is 1. The summed E-state index contributed by atoms with van der Waals surface area (Å²) in [6.07, 6.45) is 0.738. The van der Waals surface area contributed by atoms with Crippen molar-refractivity contribution >= 4 is 9.84 Å². The SMILES string of the molecule is COc1ccc(OCCCS(=O)(=O)CCCO)cc1. The number of methoxy groups -OCH3 is 1. The number of sulfone groups is 1. The molecule has 5 nitrogen and oxygen atoms in total. The molecule has 19 heavy (non-hydrogen) atoms. The monoisotopic (exact) mass is 288 g/mol. The lowest BCUT2D eigenvalue weighted by Crippen LogP contribution is -2.14. The van der Waals surface area contributed by atoms with Crippen molar-refractivity contribution in [3.63, 3.8) is 0 Å². The third-order valence-corrected chi connectivity index (χ3v) is 4.36. The van der Waals surface area contributed by atoms with Gasteiger partial charge in [0.2, 0.25) is 0 Å². The standard InChI is InChI=1S/C13H20O5S/c1-17-12-4-6-13(7-5-12)18-9-3-11-19(15,16)10-2-8-14/h4-7,14H,2-3,8-11H2,1H3. The summed E-state index contributed by atoms with van der Waals surface area (Å²) in [5, 5.41) is 8.59. The Morgan fingerprint density at radius 2 is 1.63 bits per heavy atom. The predicted octanol–water partition coefficient (Wildman–Crippen LogP) is 1.26. The van der Waals surface area contributed by atoms with E-state index in [0.29, 0.717) is 25.2 Å². The minimum absolute atomic E-state index is 0.0338. The van der Waals surface area contributed by atoms with Gasteiger partial charge in [0.05, 0.1) is 25.2 Å². The van der Waals surface area contributed by atoms with Gasteiger partial charge in [-0.2, -0.15) is 0 Å². The molecule has 0 aromatic heterocycles. The van der Waals surface area contributed by atoms with Gasteiger partial charge in [-0.05, 0) is 37.1 Å². The van der Waals surface area contributed by atoms with E-state index in [1.807, 2.05) is 0 Å². The van der Waals surface area contributed by atoms with Crippen LogP contribution in [-0.4, -0.2) is 45.4 Å². The summed E-state index contributed by atoms with van der Waals surface area (Å²) >= 11 is 0. The van der Waals surface area contributed by atoms with Gasteiger partial charge in [0.15, 0.2) is 9.84 Å². The maximum absolute atomic E-state index is 11.5. The smallest absolute Gasteiger partial charge is 0.150 e. The Bertz CT molecular complexity index is 452. The molecule has 1 rings (SSSR count). The molecule has 0 saturated heterocycles. The molecule has 0 unspecified atom stereocenters. The first-order valence-electron chi connectivity index (χ1n) is 6.15. The van der Waals surface area contributed by atoms with Crippen molar-refractivity contribution in [2.75, 3.05) is 31.8 Å². The van der Waals surface area contributed by atoms with E-state index < -0.39 is 9.84 Å². The zero-order valence-electron chi connectivity index (χ0n) is 11.0. The van der Waals surface area contributed by atoms with Crippen molar-refractivity contribution < 1.29 is 23.0 Å². The zero-order chi connectivity index (χ0) is 14.1. The molecule has 0 aliphatic carbocycles. The molecule has 0 amide bonds. The fraction of sp³-hybridized carbons (Fsp3) is 0.538. The Hall–Kier alpha value is -1.27. The molecule has 0 atom stereocenters. The molecule has 108 valence electrons. The maximum atomic E-state index is 11.5. The van der Waals surface area contributed by atoms with Gasteiger partial charge < -0.3 is 14.6 Å². The summed E-state index contributed by atoms with van der Waals surface area (Å²) in [6, 6.07) is 7.12. The third kappa shape index (κ3) is 6.45. The Morgan fingerprint density at radius 1 is 1.05 bits per heavy atom. The number of aliphatic hydroxyl groups is 1. The van der Waals surface area contributed by atoms with Crippen molar-refractivity contribution in [1.29, 1.82) is 0 Å². The molecule has 0 saturated carbocycles. The fourth-order valence-corrected chi connectivity index (χ4v) is 2.86. The topological polar surface area (TPSA) is 72.8 Å². The van der Waals surface area contributed by atoms with Crippen molar-refractivity contribution in [1.82, 2.24) is 0 Å². The van der Waals surface area contributed by atoms with E-state index in [0.717, 1.165) is 5.75 Å². The molecule has 0 fully saturated rings. The zero-order valence-corrected chi connectivity index (χ0v) is 11.9. The highest BCUT2D eigenvalue weighted by Crippen LogP contribution is 2.17. The first-order valence-corrected chi connectivity index (χ1v) is 7.97. The van der Waals surface area contributed by atoms with Crippen LogP contribution in [0, 0.1) is 0 Å². The van der Waals surface area contributed by atoms with Gasteiger partial charge in [0.1, 0.15) is 11.5 Å². The molecule has 0 spiro atoms. The third-order valence-electron chi connectivity index (χ3n) is 2.54. The highest BCUT2D eigenvalue weighted by atomic mass is 32.2. The van der Waals surface area contributed by atoms with Crippen LogP contribution in [0.3, 0.4) is 0 Å². The van der Waals surface area contributed by atoms with E-state index in [2.05, 4.69) is 0 Å². The van der Waals surface area contributed by atoms with Gasteiger partial charge in [0.25, 0.3) is 0 Å². The van der Waals surface area contributed by atoms with Crippen LogP contribution in [0.2, 0.25) is 0 Å². The van der Waals surface area contributed by atoms with Gasteiger partial charge >= 0.3 is 0 Å². The Morgan fingerprint density at radius 3 is 2.21 bits per heavy atom. The normalized spacial score (nSPS) is 11.3. The number of aliphatic hydroxyl groups excluding tert-OH is 1. The van der Waals surface area contributed by atoms with Crippen molar-refractivity contribution in [2.45, 2.75) is 12.8 Å². The summed E-state index contributed by atoms with van der Waals surface area (Å²) in [7, 11) is -1.48. The average molecular weight is 288 g/mol. The molecule has 1 aromatic rings. The van der Waals surface area contributed by atoms with Gasteiger partial charge in [-0.15, -0.1) is 0 Å². The summed E-state index contributed by atoms with van der Waals surface area (Å²) in [6.45, 7) is 0.256. The van der Waals surface area contributed by atoms with Crippen LogP contribution >= 0.6 is 0 Å². The van der Waals surface area contributed by atoms with E-state index >= 15 is 0 Å². The average Bonchev–Trinajstić information content (AvgIpc) is 2.42. The van der Waals surface area contributed by atoms with E-state index in [9.17, 15) is 8.42 Å². The van der Waals surface area contributed by atoms with Gasteiger partial charge in [-0.25, -0.2) is 8.42 Å². The molecular formula is C13H20O5S. The largest absolute Gasteiger partial charge is 0.497 e. The maximum Gasteiger partial charge on any atom is 0.150 e. The van der Waals surface area contributed by atoms with Crippen LogP contribution in [0.4, 0.5) is 0 Å². The Labute approximate surface area is 114 Å². The lowest BCUT2D eigenvalue weighted by Gasteiger charge is -2.07. The first-order chi connectivity index (χ1) is 9.07. The second kappa shape index (κ2) is 8.01. The van der Waals surface area contributed by atoms with Crippen LogP contribution in [0.5, 0.6) is 11.5 Å². The summed E-state index contributed by atoms with van der Waals surface area (Å²) in [5.74, 6) is 1.56. The fourth-order valence-electron chi connectivity index (χ4n) is 1.53. The molecule has 1 aromatic carbocycles. The molecule has 0 aliphatic heterocycles. The second-order valence-corrected chi connectivity index (χ2v) is 6.41. The van der Waals surface area contributed by atoms with Gasteiger partial charge in [-0.3, -0.25) is 0 Å². The number of hydrogen-bond acceptors (Lipinski definition) is 5. The van der Waals surface area contributed by atoms with E-state index in [-0.39, 0.29) is 18.1 Å². The summed E-state index contributed by atoms with van der Waals surface area (Å²) in [4.78, 5) is 0. The number of hydrogen-bond donors (Lipinski definition) is 1.